The van der Waals surface area contributed by atoms with Gasteiger partial charge in [0.25, 0.3) is 5.91 Å². The highest BCUT2D eigenvalue weighted by Gasteiger charge is 2.28. The lowest BCUT2D eigenvalue weighted by molar-refractivity contribution is -0.137. The lowest BCUT2D eigenvalue weighted by atomic mass is 9.97. The van der Waals surface area contributed by atoms with Crippen LogP contribution in [0.1, 0.15) is 42.5 Å². The van der Waals surface area contributed by atoms with Crippen molar-refractivity contribution in [1.29, 1.82) is 0 Å². The molecule has 6 nitrogen and oxygen atoms in total. The van der Waals surface area contributed by atoms with Crippen LogP contribution < -0.4 is 9.47 Å². The molecule has 1 aliphatic heterocycles. The molecule has 1 aliphatic rings. The minimum absolute atomic E-state index is 0.0171. The summed E-state index contributed by atoms with van der Waals surface area (Å²) in [5.74, 6) is -1.33. The van der Waals surface area contributed by atoms with Crippen molar-refractivity contribution in [1.82, 2.24) is 4.90 Å². The van der Waals surface area contributed by atoms with Gasteiger partial charge in [0.05, 0.1) is 7.11 Å². The number of halogens is 2. The molecule has 0 radical (unpaired) electrons. The van der Waals surface area contributed by atoms with Crippen LogP contribution in [0.4, 0.5) is 8.78 Å². The van der Waals surface area contributed by atoms with Crippen molar-refractivity contribution in [2.75, 3.05) is 13.7 Å². The maximum Gasteiger partial charge on any atom is 0.387 e. The minimum atomic E-state index is -3.03. The van der Waals surface area contributed by atoms with E-state index in [0.717, 1.165) is 19.3 Å². The summed E-state index contributed by atoms with van der Waals surface area (Å²) in [6.45, 7) is -2.52. The Balaban J connectivity index is 2.20. The standard InChI is InChI=1S/C17H21F2NO5/c1-24-13-7-5-11(10-14(13)25-17(18)19)16(23)20-9-3-2-4-12(20)6-8-15(21)22/h5,7,10,12,17H,2-4,6,8-9H2,1H3,(H,21,22). The van der Waals surface area contributed by atoms with Gasteiger partial charge in [0.1, 0.15) is 0 Å². The highest BCUT2D eigenvalue weighted by atomic mass is 19.3. The topological polar surface area (TPSA) is 76.1 Å². The van der Waals surface area contributed by atoms with Gasteiger partial charge < -0.3 is 19.5 Å². The largest absolute Gasteiger partial charge is 0.493 e. The van der Waals surface area contributed by atoms with Crippen molar-refractivity contribution in [3.63, 3.8) is 0 Å². The molecule has 1 heterocycles. The van der Waals surface area contributed by atoms with Crippen LogP contribution >= 0.6 is 0 Å². The third-order valence-corrected chi connectivity index (χ3v) is 4.21. The van der Waals surface area contributed by atoms with Crippen LogP contribution in [0.25, 0.3) is 0 Å². The summed E-state index contributed by atoms with van der Waals surface area (Å²) in [6.07, 6.45) is 2.84. The van der Waals surface area contributed by atoms with Crippen LogP contribution in [0.2, 0.25) is 0 Å². The third-order valence-electron chi connectivity index (χ3n) is 4.21. The summed E-state index contributed by atoms with van der Waals surface area (Å²) in [4.78, 5) is 25.2. The van der Waals surface area contributed by atoms with Gasteiger partial charge in [-0.05, 0) is 43.9 Å². The Bertz CT molecular complexity index is 623. The van der Waals surface area contributed by atoms with Gasteiger partial charge in [-0.25, -0.2) is 0 Å². The Morgan fingerprint density at radius 3 is 2.72 bits per heavy atom. The average molecular weight is 357 g/mol. The molecule has 25 heavy (non-hydrogen) atoms. The number of hydrogen-bond donors (Lipinski definition) is 1. The zero-order valence-corrected chi connectivity index (χ0v) is 13.9. The van der Waals surface area contributed by atoms with E-state index in [9.17, 15) is 18.4 Å². The number of methoxy groups -OCH3 is 1. The SMILES string of the molecule is COc1ccc(C(=O)N2CCCCC2CCC(=O)O)cc1OC(F)F. The number of ether oxygens (including phenoxy) is 2. The highest BCUT2D eigenvalue weighted by molar-refractivity contribution is 5.95. The fourth-order valence-electron chi connectivity index (χ4n) is 3.02. The zero-order chi connectivity index (χ0) is 18.4. The third kappa shape index (κ3) is 5.04. The van der Waals surface area contributed by atoms with E-state index in [1.165, 1.54) is 25.3 Å². The smallest absolute Gasteiger partial charge is 0.387 e. The number of nitrogens with zero attached hydrogens (tertiary/aromatic N) is 1. The molecule has 2 rings (SSSR count). The van der Waals surface area contributed by atoms with E-state index >= 15 is 0 Å². The second-order valence-corrected chi connectivity index (χ2v) is 5.82. The Labute approximate surface area is 144 Å². The Morgan fingerprint density at radius 1 is 1.32 bits per heavy atom. The lowest BCUT2D eigenvalue weighted by Gasteiger charge is -2.35. The van der Waals surface area contributed by atoms with Gasteiger partial charge in [-0.3, -0.25) is 9.59 Å². The lowest BCUT2D eigenvalue weighted by Crippen LogP contribution is -2.44. The molecule has 0 aliphatic carbocycles. The molecule has 1 fully saturated rings. The number of likely N-dealkylation sites (tertiary alicyclic amines) is 1. The number of amides is 1. The first-order chi connectivity index (χ1) is 11.9. The predicted octanol–water partition coefficient (Wildman–Crippen LogP) is 3.16. The summed E-state index contributed by atoms with van der Waals surface area (Å²) in [7, 11) is 1.32. The molecule has 0 bridgehead atoms. The fourth-order valence-corrected chi connectivity index (χ4v) is 3.02. The number of carboxylic acids is 1. The number of benzene rings is 1. The van der Waals surface area contributed by atoms with E-state index in [0.29, 0.717) is 13.0 Å². The molecule has 1 aromatic carbocycles. The van der Waals surface area contributed by atoms with Gasteiger partial charge in [-0.15, -0.1) is 0 Å². The number of alkyl halides is 2. The van der Waals surface area contributed by atoms with Gasteiger partial charge in [0.15, 0.2) is 11.5 Å². The first-order valence-electron chi connectivity index (χ1n) is 8.08. The van der Waals surface area contributed by atoms with E-state index in [2.05, 4.69) is 4.74 Å². The van der Waals surface area contributed by atoms with Crippen LogP contribution in [-0.2, 0) is 4.79 Å². The van der Waals surface area contributed by atoms with Gasteiger partial charge in [-0.1, -0.05) is 0 Å². The van der Waals surface area contributed by atoms with Crippen LogP contribution in [0, 0.1) is 0 Å². The summed E-state index contributed by atoms with van der Waals surface area (Å²) in [5.41, 5.74) is 0.207. The van der Waals surface area contributed by atoms with Crippen LogP contribution in [-0.4, -0.2) is 48.2 Å². The number of carboxylic acid groups (broad SMARTS) is 1. The van der Waals surface area contributed by atoms with E-state index < -0.39 is 12.6 Å². The maximum atomic E-state index is 12.8. The molecule has 138 valence electrons. The molecule has 1 aromatic rings. The Kier molecular flexibility index (Phi) is 6.55. The zero-order valence-electron chi connectivity index (χ0n) is 13.9. The van der Waals surface area contributed by atoms with Crippen LogP contribution in [0.3, 0.4) is 0 Å². The number of hydrogen-bond acceptors (Lipinski definition) is 4. The molecule has 1 atom stereocenters. The van der Waals surface area contributed by atoms with E-state index in [1.54, 1.807) is 4.90 Å². The molecule has 1 unspecified atom stereocenters. The summed E-state index contributed by atoms with van der Waals surface area (Å²) in [5, 5.41) is 8.86. The number of carbonyl (C=O) groups is 2. The monoisotopic (exact) mass is 357 g/mol. The molecule has 0 saturated carbocycles. The number of rotatable bonds is 7. The molecule has 1 amide bonds. The quantitative estimate of drug-likeness (QED) is 0.811. The second-order valence-electron chi connectivity index (χ2n) is 5.82. The van der Waals surface area contributed by atoms with E-state index in [4.69, 9.17) is 9.84 Å². The van der Waals surface area contributed by atoms with Crippen molar-refractivity contribution in [2.24, 2.45) is 0 Å². The summed E-state index contributed by atoms with van der Waals surface area (Å²) < 4.78 is 34.4. The van der Waals surface area contributed by atoms with Gasteiger partial charge >= 0.3 is 12.6 Å². The summed E-state index contributed by atoms with van der Waals surface area (Å²) in [6, 6.07) is 3.96. The number of carbonyl (C=O) groups excluding carboxylic acids is 1. The average Bonchev–Trinajstić information content (AvgIpc) is 2.59. The molecule has 1 saturated heterocycles. The first kappa shape index (κ1) is 19.0. The first-order valence-corrected chi connectivity index (χ1v) is 8.08. The van der Waals surface area contributed by atoms with Crippen molar-refractivity contribution >= 4 is 11.9 Å². The van der Waals surface area contributed by atoms with Crippen molar-refractivity contribution < 1.29 is 33.0 Å². The molecular formula is C17H21F2NO5. The van der Waals surface area contributed by atoms with Crippen LogP contribution in [0.15, 0.2) is 18.2 Å². The molecule has 0 spiro atoms. The van der Waals surface area contributed by atoms with Gasteiger partial charge in [0, 0.05) is 24.6 Å². The normalized spacial score (nSPS) is 17.4. The van der Waals surface area contributed by atoms with Crippen LogP contribution in [0.5, 0.6) is 11.5 Å². The fraction of sp³-hybridized carbons (Fsp3) is 0.529. The van der Waals surface area contributed by atoms with E-state index in [1.807, 2.05) is 0 Å². The summed E-state index contributed by atoms with van der Waals surface area (Å²) >= 11 is 0. The maximum absolute atomic E-state index is 12.8. The molecular weight excluding hydrogens is 336 g/mol. The number of piperidine rings is 1. The Hall–Kier alpha value is -2.38. The second kappa shape index (κ2) is 8.64. The molecule has 1 N–H and O–H groups in total. The Morgan fingerprint density at radius 2 is 2.08 bits per heavy atom. The number of aliphatic carboxylic acids is 1. The van der Waals surface area contributed by atoms with Crippen molar-refractivity contribution in [3.8, 4) is 11.5 Å². The molecule has 0 aromatic heterocycles. The van der Waals surface area contributed by atoms with Crippen molar-refractivity contribution in [3.05, 3.63) is 23.8 Å². The minimum Gasteiger partial charge on any atom is -0.493 e. The van der Waals surface area contributed by atoms with Crippen molar-refractivity contribution in [2.45, 2.75) is 44.8 Å². The van der Waals surface area contributed by atoms with E-state index in [-0.39, 0.29) is 35.4 Å². The van der Waals surface area contributed by atoms with Gasteiger partial charge in [0.2, 0.25) is 0 Å². The predicted molar refractivity (Wildman–Crippen MR) is 85.2 cm³/mol. The highest BCUT2D eigenvalue weighted by Crippen LogP contribution is 2.31. The van der Waals surface area contributed by atoms with Gasteiger partial charge in [-0.2, -0.15) is 8.78 Å². The molecule has 8 heteroatoms.